The van der Waals surface area contributed by atoms with Gasteiger partial charge in [0.05, 0.1) is 0 Å². The van der Waals surface area contributed by atoms with Crippen molar-refractivity contribution in [3.05, 3.63) is 45.4 Å². The second-order valence-electron chi connectivity index (χ2n) is 4.24. The van der Waals surface area contributed by atoms with Crippen molar-refractivity contribution in [2.45, 2.75) is 41.5 Å². The summed E-state index contributed by atoms with van der Waals surface area (Å²) < 4.78 is 0. The van der Waals surface area contributed by atoms with Gasteiger partial charge in [-0.3, -0.25) is 0 Å². The first-order valence-corrected chi connectivity index (χ1v) is 5.22. The third kappa shape index (κ3) is 3.29. The first-order chi connectivity index (χ1) is 6.91. The average Bonchev–Trinajstić information content (AvgIpc) is 2.23. The van der Waals surface area contributed by atoms with Crippen molar-refractivity contribution in [2.24, 2.45) is 0 Å². The molecule has 0 aromatic heterocycles. The Labute approximate surface area is 129 Å². The van der Waals surface area contributed by atoms with E-state index in [1.165, 1.54) is 27.8 Å². The smallest absolute Gasteiger partial charge is 0.693 e. The van der Waals surface area contributed by atoms with Gasteiger partial charge in [0.1, 0.15) is 0 Å². The predicted octanol–water partition coefficient (Wildman–Crippen LogP) is 4.41. The summed E-state index contributed by atoms with van der Waals surface area (Å²) in [7, 11) is 0. The fourth-order valence-corrected chi connectivity index (χ4v) is 2.12. The molecule has 0 aliphatic carbocycles. The molecular formula is C14H20N2U. The maximum atomic E-state index is 9.00. The maximum absolute atomic E-state index is 9.00. The number of rotatable bonds is 1. The fourth-order valence-electron chi connectivity index (χ4n) is 2.12. The quantitative estimate of drug-likeness (QED) is 0.580. The zero-order valence-electron chi connectivity index (χ0n) is 11.5. The van der Waals surface area contributed by atoms with E-state index in [9.17, 15) is 0 Å². The molecule has 0 heterocycles. The summed E-state index contributed by atoms with van der Waals surface area (Å²) in [6, 6.07) is 2.25. The molecule has 0 radical (unpaired) electrons. The van der Waals surface area contributed by atoms with Crippen molar-refractivity contribution >= 4 is 0 Å². The van der Waals surface area contributed by atoms with E-state index in [1.807, 2.05) is 6.92 Å². The minimum atomic E-state index is 0. The first kappa shape index (κ1) is 18.9. The topological polar surface area (TPSA) is 57.3 Å². The van der Waals surface area contributed by atoms with E-state index in [0.29, 0.717) is 0 Å². The summed E-state index contributed by atoms with van der Waals surface area (Å²) in [6.45, 7) is 12.5. The Hall–Kier alpha value is -0.408. The molecular weight excluding hydrogens is 434 g/mol. The van der Waals surface area contributed by atoms with E-state index in [1.54, 1.807) is 0 Å². The Morgan fingerprint density at radius 1 is 0.824 bits per heavy atom. The van der Waals surface area contributed by atoms with Gasteiger partial charge in [-0.25, -0.2) is 5.26 Å². The van der Waals surface area contributed by atoms with Crippen molar-refractivity contribution in [1.29, 1.82) is 5.26 Å². The molecule has 0 aliphatic rings. The van der Waals surface area contributed by atoms with Crippen LogP contribution in [0.25, 0.3) is 6.15 Å². The molecule has 0 saturated heterocycles. The molecule has 3 heteroatoms. The van der Waals surface area contributed by atoms with Crippen LogP contribution in [0.3, 0.4) is 0 Å². The van der Waals surface area contributed by atoms with Gasteiger partial charge in [-0.2, -0.15) is 5.56 Å². The van der Waals surface area contributed by atoms with Crippen LogP contribution in [0.5, 0.6) is 0 Å². The van der Waals surface area contributed by atoms with Crippen molar-refractivity contribution in [1.82, 2.24) is 0 Å². The van der Waals surface area contributed by atoms with Crippen LogP contribution in [0.2, 0.25) is 0 Å². The van der Waals surface area contributed by atoms with Gasteiger partial charge in [0, 0.05) is 6.07 Å². The molecule has 0 atom stereocenters. The molecule has 0 aliphatic heterocycles. The number of nitrogens with zero attached hydrogens (tertiary/aromatic N) is 1. The first-order valence-electron chi connectivity index (χ1n) is 5.22. The Bertz CT molecular complexity index is 416. The van der Waals surface area contributed by atoms with Crippen LogP contribution >= 0.6 is 0 Å². The summed E-state index contributed by atoms with van der Waals surface area (Å²) in [5, 5.41) is 9.00. The zero-order chi connectivity index (χ0) is 11.7. The van der Waals surface area contributed by atoms with Crippen LogP contribution in [0, 0.1) is 83.0 Å². The van der Waals surface area contributed by atoms with Gasteiger partial charge in [0.15, 0.2) is 0 Å². The monoisotopic (exact) mass is 454 g/mol. The Morgan fingerprint density at radius 3 is 1.41 bits per heavy atom. The Morgan fingerprint density at radius 2 is 1.12 bits per heavy atom. The zero-order valence-corrected chi connectivity index (χ0v) is 15.7. The third-order valence-corrected chi connectivity index (χ3v) is 3.54. The molecule has 2 nitrogen and oxygen atoms in total. The van der Waals surface area contributed by atoms with Crippen LogP contribution in [-0.4, -0.2) is 0 Å². The summed E-state index contributed by atoms with van der Waals surface area (Å²) in [5.41, 5.74) is 7.59. The van der Waals surface area contributed by atoms with E-state index in [2.05, 4.69) is 40.7 Å². The molecule has 90 valence electrons. The number of hydrogen-bond donors (Lipinski definition) is 0. The standard InChI is InChI=1S/C14H18N.H2N.U/c1-8(7-15)14-12(5)10(3)9(2)11(4)13(14)6;;/h1-6H3;1H2;/q2*-1;+2. The number of hydrogen-bond acceptors (Lipinski definition) is 1. The SMILES string of the molecule is Cc1c(C)c(C)c([C-](C)C#N)c(C)c1C.[NH2-].[U+2]. The third-order valence-electron chi connectivity index (χ3n) is 3.54. The molecule has 1 aromatic carbocycles. The number of nitriles is 1. The van der Waals surface area contributed by atoms with Gasteiger partial charge in [0.25, 0.3) is 0 Å². The summed E-state index contributed by atoms with van der Waals surface area (Å²) in [5.74, 6) is 0.816. The van der Waals surface area contributed by atoms with Crippen LogP contribution in [-0.2, 0) is 0 Å². The predicted molar refractivity (Wildman–Crippen MR) is 69.0 cm³/mol. The summed E-state index contributed by atoms with van der Waals surface area (Å²) in [4.78, 5) is 0. The van der Waals surface area contributed by atoms with E-state index in [4.69, 9.17) is 5.26 Å². The van der Waals surface area contributed by atoms with E-state index in [-0.39, 0.29) is 37.3 Å². The maximum Gasteiger partial charge on any atom is 2.00 e. The second kappa shape index (κ2) is 7.12. The van der Waals surface area contributed by atoms with Gasteiger partial charge < -0.3 is 6.15 Å². The molecule has 0 spiro atoms. The molecule has 2 N–H and O–H groups in total. The van der Waals surface area contributed by atoms with Crippen LogP contribution < -0.4 is 0 Å². The van der Waals surface area contributed by atoms with Crippen LogP contribution in [0.1, 0.15) is 40.3 Å². The molecule has 1 aromatic rings. The number of nitrogens with two attached hydrogens (primary N) is 1. The molecule has 1 rings (SSSR count). The fraction of sp³-hybridized carbons (Fsp3) is 0.429. The molecule has 0 saturated carbocycles. The van der Waals surface area contributed by atoms with Gasteiger partial charge in [-0.05, 0) is 6.92 Å². The van der Waals surface area contributed by atoms with Crippen LogP contribution in [0.4, 0.5) is 0 Å². The molecule has 0 unspecified atom stereocenters. The van der Waals surface area contributed by atoms with Crippen molar-refractivity contribution < 1.29 is 31.1 Å². The molecule has 0 amide bonds. The normalized spacial score (nSPS) is 8.76. The average molecular weight is 454 g/mol. The van der Waals surface area contributed by atoms with E-state index >= 15 is 0 Å². The summed E-state index contributed by atoms with van der Waals surface area (Å²) >= 11 is 0. The van der Waals surface area contributed by atoms with E-state index < -0.39 is 0 Å². The second-order valence-corrected chi connectivity index (χ2v) is 4.24. The Balaban J connectivity index is 0. The summed E-state index contributed by atoms with van der Waals surface area (Å²) in [6.07, 6.45) is 0. The van der Waals surface area contributed by atoms with Gasteiger partial charge in [0.2, 0.25) is 0 Å². The minimum absolute atomic E-state index is 0. The van der Waals surface area contributed by atoms with Crippen molar-refractivity contribution in [3.63, 3.8) is 0 Å². The van der Waals surface area contributed by atoms with Crippen molar-refractivity contribution in [3.8, 4) is 6.07 Å². The van der Waals surface area contributed by atoms with Gasteiger partial charge >= 0.3 is 31.1 Å². The Kier molecular flexibility index (Phi) is 7.94. The van der Waals surface area contributed by atoms with Gasteiger partial charge in [-0.1, -0.05) is 46.1 Å². The molecule has 17 heavy (non-hydrogen) atoms. The molecule has 0 fully saturated rings. The molecule has 0 bridgehead atoms. The van der Waals surface area contributed by atoms with E-state index in [0.717, 1.165) is 11.5 Å². The van der Waals surface area contributed by atoms with Crippen LogP contribution in [0.15, 0.2) is 0 Å². The van der Waals surface area contributed by atoms with Gasteiger partial charge in [-0.15, -0.1) is 22.3 Å². The minimum Gasteiger partial charge on any atom is -0.693 e. The largest absolute Gasteiger partial charge is 2.00 e. The number of benzene rings is 1. The van der Waals surface area contributed by atoms with Crippen molar-refractivity contribution in [2.75, 3.05) is 0 Å².